The number of ether oxygens (including phenoxy) is 2. The van der Waals surface area contributed by atoms with Crippen LogP contribution in [0.4, 0.5) is 0 Å². The maximum Gasteiger partial charge on any atom is 0.181 e. The number of aliphatic hydroxyl groups is 1. The first-order chi connectivity index (χ1) is 12.9. The Morgan fingerprint density at radius 1 is 0.889 bits per heavy atom. The lowest BCUT2D eigenvalue weighted by atomic mass is 9.44. The lowest BCUT2D eigenvalue weighted by molar-refractivity contribution is -0.214. The monoisotopic (exact) mass is 440 g/mol. The molecule has 27 heavy (non-hydrogen) atoms. The third-order valence-corrected chi connectivity index (χ3v) is 10.9. The number of aliphatic hydroxyl groups excluding tert-OH is 1. The molecule has 1 N–H and O–H groups in total. The van der Waals surface area contributed by atoms with E-state index in [0.29, 0.717) is 16.7 Å². The van der Waals surface area contributed by atoms with E-state index in [1.54, 1.807) is 0 Å². The third-order valence-electron chi connectivity index (χ3n) is 10.1. The Kier molecular flexibility index (Phi) is 4.79. The molecule has 4 saturated carbocycles. The molecule has 1 aliphatic heterocycles. The van der Waals surface area contributed by atoms with Crippen LogP contribution < -0.4 is 0 Å². The summed E-state index contributed by atoms with van der Waals surface area (Å²) in [6.45, 7) is 6.65. The molecule has 1 saturated heterocycles. The molecule has 154 valence electrons. The minimum atomic E-state index is -0.383. The van der Waals surface area contributed by atoms with Gasteiger partial charge in [0.15, 0.2) is 5.79 Å². The Morgan fingerprint density at radius 2 is 1.59 bits per heavy atom. The summed E-state index contributed by atoms with van der Waals surface area (Å²) in [6.07, 6.45) is 11.3. The smallest absolute Gasteiger partial charge is 0.181 e. The molecule has 4 aliphatic carbocycles. The SMILES string of the molecule is C[C@]12CC[C@@H](O)C[C@@H]1CC[C@H]1[C@H]2CC[C@@]2(C)[C@@H]1CC[C@H]2C1(CBr)OCCO1. The van der Waals surface area contributed by atoms with Crippen molar-refractivity contribution in [3.63, 3.8) is 0 Å². The van der Waals surface area contributed by atoms with Crippen LogP contribution in [0.3, 0.4) is 0 Å². The topological polar surface area (TPSA) is 38.7 Å². The normalized spacial score (nSPS) is 54.2. The first-order valence-corrected chi connectivity index (χ1v) is 12.6. The zero-order valence-corrected chi connectivity index (χ0v) is 18.7. The zero-order chi connectivity index (χ0) is 18.9. The lowest BCUT2D eigenvalue weighted by Gasteiger charge is -2.61. The van der Waals surface area contributed by atoms with Gasteiger partial charge in [0.2, 0.25) is 0 Å². The highest BCUT2D eigenvalue weighted by atomic mass is 79.9. The van der Waals surface area contributed by atoms with Crippen LogP contribution >= 0.6 is 15.9 Å². The van der Waals surface area contributed by atoms with Crippen molar-refractivity contribution in [1.29, 1.82) is 0 Å². The molecular weight excluding hydrogens is 404 g/mol. The van der Waals surface area contributed by atoms with E-state index in [4.69, 9.17) is 9.47 Å². The fourth-order valence-corrected chi connectivity index (χ4v) is 9.51. The van der Waals surface area contributed by atoms with E-state index in [0.717, 1.165) is 55.1 Å². The second-order valence-electron chi connectivity index (χ2n) is 10.9. The summed E-state index contributed by atoms with van der Waals surface area (Å²) in [5.41, 5.74) is 0.825. The van der Waals surface area contributed by atoms with Gasteiger partial charge < -0.3 is 14.6 Å². The average Bonchev–Trinajstić information content (AvgIpc) is 3.27. The van der Waals surface area contributed by atoms with Gasteiger partial charge in [-0.1, -0.05) is 29.8 Å². The number of alkyl halides is 1. The Balaban J connectivity index is 1.42. The van der Waals surface area contributed by atoms with Gasteiger partial charge in [-0.05, 0) is 92.3 Å². The summed E-state index contributed by atoms with van der Waals surface area (Å²) in [7, 11) is 0. The van der Waals surface area contributed by atoms with Crippen LogP contribution in [0, 0.1) is 40.4 Å². The Morgan fingerprint density at radius 3 is 2.33 bits per heavy atom. The number of fused-ring (bicyclic) bond motifs is 5. The van der Waals surface area contributed by atoms with Gasteiger partial charge in [-0.2, -0.15) is 0 Å². The van der Waals surface area contributed by atoms with Crippen LogP contribution in [-0.2, 0) is 9.47 Å². The van der Waals surface area contributed by atoms with E-state index < -0.39 is 0 Å². The molecule has 0 amide bonds. The van der Waals surface area contributed by atoms with E-state index in [2.05, 4.69) is 29.8 Å². The largest absolute Gasteiger partial charge is 0.393 e. The number of rotatable bonds is 2. The highest BCUT2D eigenvalue weighted by Gasteiger charge is 2.64. The number of hydrogen-bond acceptors (Lipinski definition) is 3. The molecule has 0 radical (unpaired) electrons. The fourth-order valence-electron chi connectivity index (χ4n) is 8.80. The van der Waals surface area contributed by atoms with Gasteiger partial charge in [0.05, 0.1) is 24.6 Å². The van der Waals surface area contributed by atoms with Crippen molar-refractivity contribution in [2.45, 2.75) is 83.5 Å². The molecule has 8 atom stereocenters. The van der Waals surface area contributed by atoms with Gasteiger partial charge in [0.1, 0.15) is 0 Å². The van der Waals surface area contributed by atoms with Crippen molar-refractivity contribution >= 4 is 15.9 Å². The molecule has 5 aliphatic rings. The zero-order valence-electron chi connectivity index (χ0n) is 17.1. The minimum Gasteiger partial charge on any atom is -0.393 e. The van der Waals surface area contributed by atoms with Crippen molar-refractivity contribution in [3.8, 4) is 0 Å². The Bertz CT molecular complexity index is 576. The molecule has 0 aromatic carbocycles. The number of halogens is 1. The molecule has 0 bridgehead atoms. The van der Waals surface area contributed by atoms with E-state index in [1.807, 2.05) is 0 Å². The quantitative estimate of drug-likeness (QED) is 0.603. The molecular formula is C23H37BrO3. The summed E-state index contributed by atoms with van der Waals surface area (Å²) in [5.74, 6) is 3.46. The predicted molar refractivity (Wildman–Crippen MR) is 110 cm³/mol. The van der Waals surface area contributed by atoms with Gasteiger partial charge in [-0.25, -0.2) is 0 Å². The van der Waals surface area contributed by atoms with Crippen molar-refractivity contribution in [3.05, 3.63) is 0 Å². The van der Waals surface area contributed by atoms with Crippen LogP contribution in [0.1, 0.15) is 71.6 Å². The molecule has 5 rings (SSSR count). The molecule has 0 aromatic heterocycles. The first-order valence-electron chi connectivity index (χ1n) is 11.4. The standard InChI is InChI=1S/C23H37BrO3/c1-21-9-7-16(25)13-15(21)3-4-17-18-5-6-20(22(18,2)10-8-19(17)21)23(14-24)26-11-12-27-23/h15-20,25H,3-14H2,1-2H3/t15-,16+,17+,18+,19+,20+,21-,22-/m0/s1. The molecule has 4 heteroatoms. The highest BCUT2D eigenvalue weighted by Crippen LogP contribution is 2.69. The Labute approximate surface area is 173 Å². The minimum absolute atomic E-state index is 0.0419. The van der Waals surface area contributed by atoms with Gasteiger partial charge >= 0.3 is 0 Å². The van der Waals surface area contributed by atoms with Crippen molar-refractivity contribution in [2.24, 2.45) is 40.4 Å². The van der Waals surface area contributed by atoms with E-state index in [-0.39, 0.29) is 11.9 Å². The lowest BCUT2D eigenvalue weighted by Crippen LogP contribution is -2.56. The molecule has 0 unspecified atom stereocenters. The van der Waals surface area contributed by atoms with E-state index >= 15 is 0 Å². The van der Waals surface area contributed by atoms with Crippen molar-refractivity contribution in [2.75, 3.05) is 18.5 Å². The summed E-state index contributed by atoms with van der Waals surface area (Å²) < 4.78 is 12.5. The van der Waals surface area contributed by atoms with Gasteiger partial charge in [0.25, 0.3) is 0 Å². The molecule has 0 aromatic rings. The number of hydrogen-bond donors (Lipinski definition) is 1. The van der Waals surface area contributed by atoms with Crippen LogP contribution in [-0.4, -0.2) is 35.5 Å². The first kappa shape index (κ1) is 19.3. The second kappa shape index (κ2) is 6.68. The summed E-state index contributed by atoms with van der Waals surface area (Å²) in [4.78, 5) is 0. The van der Waals surface area contributed by atoms with E-state index in [9.17, 15) is 5.11 Å². The maximum atomic E-state index is 10.2. The van der Waals surface area contributed by atoms with Crippen LogP contribution in [0.2, 0.25) is 0 Å². The maximum absolute atomic E-state index is 10.2. The molecule has 3 nitrogen and oxygen atoms in total. The highest BCUT2D eigenvalue weighted by molar-refractivity contribution is 9.09. The van der Waals surface area contributed by atoms with Crippen LogP contribution in [0.5, 0.6) is 0 Å². The predicted octanol–water partition coefficient (Wildman–Crippen LogP) is 5.14. The van der Waals surface area contributed by atoms with Gasteiger partial charge in [-0.15, -0.1) is 0 Å². The molecule has 5 fully saturated rings. The fraction of sp³-hybridized carbons (Fsp3) is 1.00. The molecule has 1 heterocycles. The summed E-state index contributed by atoms with van der Waals surface area (Å²) >= 11 is 3.74. The second-order valence-corrected chi connectivity index (χ2v) is 11.5. The average molecular weight is 441 g/mol. The van der Waals surface area contributed by atoms with Crippen molar-refractivity contribution in [1.82, 2.24) is 0 Å². The summed E-state index contributed by atoms with van der Waals surface area (Å²) in [6, 6.07) is 0. The van der Waals surface area contributed by atoms with Gasteiger partial charge in [-0.3, -0.25) is 0 Å². The Hall–Kier alpha value is 0.360. The van der Waals surface area contributed by atoms with Gasteiger partial charge in [0, 0.05) is 5.92 Å². The molecule has 0 spiro atoms. The van der Waals surface area contributed by atoms with Crippen molar-refractivity contribution < 1.29 is 14.6 Å². The van der Waals surface area contributed by atoms with E-state index in [1.165, 1.54) is 44.9 Å². The van der Waals surface area contributed by atoms with Crippen LogP contribution in [0.25, 0.3) is 0 Å². The summed E-state index contributed by atoms with van der Waals surface area (Å²) in [5, 5.41) is 11.0. The van der Waals surface area contributed by atoms with Crippen LogP contribution in [0.15, 0.2) is 0 Å². The third kappa shape index (κ3) is 2.68.